The molecule has 5 heterocycles. The molecule has 14 heteroatoms. The lowest BCUT2D eigenvalue weighted by molar-refractivity contribution is -0.120. The van der Waals surface area contributed by atoms with Crippen molar-refractivity contribution in [1.29, 1.82) is 5.41 Å². The minimum absolute atomic E-state index is 0.0156. The molecule has 0 saturated carbocycles. The first kappa shape index (κ1) is 44.2. The van der Waals surface area contributed by atoms with Crippen molar-refractivity contribution in [3.8, 4) is 11.3 Å². The fourth-order valence-corrected chi connectivity index (χ4v) is 9.26. The second kappa shape index (κ2) is 18.4. The van der Waals surface area contributed by atoms with Crippen LogP contribution in [-0.4, -0.2) is 88.6 Å². The lowest BCUT2D eigenvalue weighted by atomic mass is 9.74. The van der Waals surface area contributed by atoms with Gasteiger partial charge in [0.05, 0.1) is 17.9 Å². The van der Waals surface area contributed by atoms with Crippen LogP contribution in [0.5, 0.6) is 0 Å². The van der Waals surface area contributed by atoms with E-state index < -0.39 is 5.91 Å². The van der Waals surface area contributed by atoms with Crippen molar-refractivity contribution in [3.05, 3.63) is 112 Å². The zero-order chi connectivity index (χ0) is 45.2. The minimum Gasteiger partial charge on any atom is -0.372 e. The number of rotatable bonds is 12. The van der Waals surface area contributed by atoms with Crippen LogP contribution in [0.25, 0.3) is 22.9 Å². The molecule has 3 aromatic carbocycles. The second-order valence-corrected chi connectivity index (χ2v) is 19.0. The van der Waals surface area contributed by atoms with E-state index in [0.717, 1.165) is 103 Å². The summed E-state index contributed by atoms with van der Waals surface area (Å²) in [6.45, 7) is 18.0. The molecule has 14 nitrogen and oxygen atoms in total. The Hall–Kier alpha value is -6.41. The Kier molecular flexibility index (Phi) is 12.7. The Balaban J connectivity index is 0.834. The van der Waals surface area contributed by atoms with Crippen molar-refractivity contribution in [2.45, 2.75) is 90.5 Å². The molecule has 4 N–H and O–H groups in total. The van der Waals surface area contributed by atoms with Gasteiger partial charge >= 0.3 is 6.03 Å². The fraction of sp³-hybridized carbons (Fsp3) is 0.420. The summed E-state index contributed by atoms with van der Waals surface area (Å²) in [6.07, 6.45) is 10.0. The van der Waals surface area contributed by atoms with Crippen LogP contribution >= 0.6 is 0 Å². The number of hydrogen-bond donors (Lipinski definition) is 4. The third-order valence-electron chi connectivity index (χ3n) is 13.4. The van der Waals surface area contributed by atoms with E-state index in [1.54, 1.807) is 11.1 Å². The lowest BCUT2D eigenvalue weighted by Crippen LogP contribution is -2.49. The highest BCUT2D eigenvalue weighted by atomic mass is 16.5. The van der Waals surface area contributed by atoms with Gasteiger partial charge in [0.2, 0.25) is 11.8 Å². The molecule has 3 fully saturated rings. The van der Waals surface area contributed by atoms with Gasteiger partial charge in [0.1, 0.15) is 0 Å². The molecule has 0 radical (unpaired) electrons. The summed E-state index contributed by atoms with van der Waals surface area (Å²) in [5.74, 6) is 0.492. The van der Waals surface area contributed by atoms with Crippen molar-refractivity contribution in [3.63, 3.8) is 0 Å². The maximum atomic E-state index is 13.0. The van der Waals surface area contributed by atoms with E-state index in [4.69, 9.17) is 9.93 Å². The summed E-state index contributed by atoms with van der Waals surface area (Å²) < 4.78 is 5.31. The number of carbonyl (C=O) groups is 3. The second-order valence-electron chi connectivity index (χ2n) is 19.0. The number of anilines is 2. The van der Waals surface area contributed by atoms with Gasteiger partial charge in [-0.1, -0.05) is 69.2 Å². The number of urea groups is 1. The number of piperidine rings is 2. The van der Waals surface area contributed by atoms with Crippen LogP contribution in [0.4, 0.5) is 16.2 Å². The van der Waals surface area contributed by atoms with Crippen LogP contribution in [0, 0.1) is 18.3 Å². The predicted octanol–water partition coefficient (Wildman–Crippen LogP) is 8.46. The molecule has 0 aliphatic carbocycles. The number of aryl methyl sites for hydroxylation is 1. The van der Waals surface area contributed by atoms with E-state index >= 15 is 0 Å². The highest BCUT2D eigenvalue weighted by Gasteiger charge is 2.33. The highest BCUT2D eigenvalue weighted by Crippen LogP contribution is 2.37. The van der Waals surface area contributed by atoms with Gasteiger partial charge < -0.3 is 25.0 Å². The smallest absolute Gasteiger partial charge is 0.328 e. The van der Waals surface area contributed by atoms with Crippen molar-refractivity contribution >= 4 is 47.1 Å². The molecular formula is C50H60N10O4. The summed E-state index contributed by atoms with van der Waals surface area (Å²) in [7, 11) is 0. The topological polar surface area (TPSA) is 176 Å². The zero-order valence-corrected chi connectivity index (χ0v) is 37.8. The molecule has 3 aliphatic heterocycles. The van der Waals surface area contributed by atoms with E-state index in [9.17, 15) is 14.4 Å². The number of aromatic nitrogens is 4. The van der Waals surface area contributed by atoms with Gasteiger partial charge in [0, 0.05) is 66.7 Å². The first-order valence-electron chi connectivity index (χ1n) is 22.5. The number of imide groups is 1. The standard InChI is InChI=1S/C50H60N10O4/c1-32-27-36(9-16-42(32)33(2)53-46(62)45-55-47(64-57-45)49(3,4)5)44-38(30-52-56-44)28-37(29-51)35-7-10-39(11-8-35)50(6)20-25-58(26-21-50)31-34-17-22-59(23-18-34)40-12-14-41(15-13-40)60-24-19-43(61)54-48(60)63/h7-16,27-30,33-34,51H,17-26,31H2,1-6H3,(H,52,56)(H,53,62)(H,54,61,63)/b37-28+,51-29?/t33-/m1/s1. The molecule has 64 heavy (non-hydrogen) atoms. The third-order valence-corrected chi connectivity index (χ3v) is 13.4. The number of hydrogen-bond acceptors (Lipinski definition) is 10. The molecule has 8 rings (SSSR count). The number of H-pyrrole nitrogens is 1. The number of likely N-dealkylation sites (tertiary alicyclic amines) is 1. The average Bonchev–Trinajstić information content (AvgIpc) is 3.98. The Morgan fingerprint density at radius 3 is 2.33 bits per heavy atom. The SMILES string of the molecule is Cc1cc(-c2[nH]ncc2/C=C(\C=N)c2ccc(C3(C)CCN(CC4CCN(c5ccc(N6CCC(=O)NC6=O)cc5)CC4)CC3)cc2)ccc1[C@@H](C)NC(=O)c1noc(C(C)(C)C)n1. The number of aromatic amines is 1. The molecule has 5 aromatic rings. The minimum atomic E-state index is -0.391. The van der Waals surface area contributed by atoms with Crippen LogP contribution in [0.3, 0.4) is 0 Å². The van der Waals surface area contributed by atoms with Crippen molar-refractivity contribution < 1.29 is 18.9 Å². The summed E-state index contributed by atoms with van der Waals surface area (Å²) >= 11 is 0. The number of benzene rings is 3. The summed E-state index contributed by atoms with van der Waals surface area (Å²) in [5, 5.41) is 25.2. The molecule has 4 amide bonds. The van der Waals surface area contributed by atoms with Gasteiger partial charge in [0.25, 0.3) is 11.7 Å². The number of amides is 4. The highest BCUT2D eigenvalue weighted by molar-refractivity contribution is 6.15. The number of nitrogens with zero attached hydrogens (tertiary/aromatic N) is 6. The molecule has 2 aromatic heterocycles. The van der Waals surface area contributed by atoms with Crippen LogP contribution in [0.15, 0.2) is 77.4 Å². The normalized spacial score (nSPS) is 18.2. The lowest BCUT2D eigenvalue weighted by Gasteiger charge is -2.42. The first-order chi connectivity index (χ1) is 30.7. The largest absolute Gasteiger partial charge is 0.372 e. The molecule has 1 atom stereocenters. The van der Waals surface area contributed by atoms with Gasteiger partial charge in [-0.3, -0.25) is 24.9 Å². The first-order valence-corrected chi connectivity index (χ1v) is 22.5. The third kappa shape index (κ3) is 9.71. The molecular weight excluding hydrogens is 805 g/mol. The van der Waals surface area contributed by atoms with Crippen LogP contribution < -0.4 is 20.4 Å². The van der Waals surface area contributed by atoms with E-state index in [0.29, 0.717) is 24.8 Å². The maximum absolute atomic E-state index is 13.0. The van der Waals surface area contributed by atoms with Gasteiger partial charge in [-0.05, 0) is 128 Å². The Bertz CT molecular complexity index is 2520. The molecule has 0 bridgehead atoms. The molecule has 3 aliphatic rings. The zero-order valence-electron chi connectivity index (χ0n) is 37.8. The Labute approximate surface area is 375 Å². The molecule has 0 spiro atoms. The van der Waals surface area contributed by atoms with Crippen molar-refractivity contribution in [2.75, 3.05) is 49.1 Å². The molecule has 0 unspecified atom stereocenters. The Morgan fingerprint density at radius 1 is 0.984 bits per heavy atom. The monoisotopic (exact) mass is 864 g/mol. The van der Waals surface area contributed by atoms with E-state index in [-0.39, 0.29) is 34.6 Å². The van der Waals surface area contributed by atoms with Gasteiger partial charge in [-0.15, -0.1) is 0 Å². The molecule has 334 valence electrons. The number of nitrogens with one attached hydrogen (secondary N) is 4. The fourth-order valence-electron chi connectivity index (χ4n) is 9.26. The van der Waals surface area contributed by atoms with E-state index in [2.05, 4.69) is 90.2 Å². The van der Waals surface area contributed by atoms with E-state index in [1.165, 1.54) is 17.5 Å². The number of carbonyl (C=O) groups excluding carboxylic acids is 3. The van der Waals surface area contributed by atoms with Crippen molar-refractivity contribution in [1.82, 2.24) is 35.9 Å². The van der Waals surface area contributed by atoms with E-state index in [1.807, 2.05) is 65.0 Å². The quantitative estimate of drug-likeness (QED) is 0.0897. The summed E-state index contributed by atoms with van der Waals surface area (Å²) in [4.78, 5) is 47.8. The maximum Gasteiger partial charge on any atom is 0.328 e. The van der Waals surface area contributed by atoms with Crippen LogP contribution in [0.2, 0.25) is 0 Å². The van der Waals surface area contributed by atoms with Gasteiger partial charge in [0.15, 0.2) is 0 Å². The van der Waals surface area contributed by atoms with Gasteiger partial charge in [-0.2, -0.15) is 10.1 Å². The predicted molar refractivity (Wildman–Crippen MR) is 251 cm³/mol. The average molecular weight is 865 g/mol. The van der Waals surface area contributed by atoms with Crippen LogP contribution in [-0.2, 0) is 15.6 Å². The van der Waals surface area contributed by atoms with Crippen LogP contribution in [0.1, 0.15) is 117 Å². The summed E-state index contributed by atoms with van der Waals surface area (Å²) in [5.41, 5.74) is 9.51. The van der Waals surface area contributed by atoms with Gasteiger partial charge in [-0.25, -0.2) is 4.79 Å². The Morgan fingerprint density at radius 2 is 1.69 bits per heavy atom. The summed E-state index contributed by atoms with van der Waals surface area (Å²) in [6, 6.07) is 22.4. The van der Waals surface area contributed by atoms with Crippen molar-refractivity contribution in [2.24, 2.45) is 5.92 Å². The molecule has 3 saturated heterocycles. The number of allylic oxidation sites excluding steroid dienone is 1.